The van der Waals surface area contributed by atoms with Gasteiger partial charge in [-0.3, -0.25) is 4.79 Å². The van der Waals surface area contributed by atoms with E-state index in [0.29, 0.717) is 49.2 Å². The van der Waals surface area contributed by atoms with Crippen LogP contribution in [0.4, 0.5) is 13.2 Å². The zero-order valence-corrected chi connectivity index (χ0v) is 19.2. The number of carbonyl (C=O) groups is 1. The number of halogens is 3. The topological polar surface area (TPSA) is 48.1 Å². The van der Waals surface area contributed by atoms with Gasteiger partial charge in [0.25, 0.3) is 0 Å². The Morgan fingerprint density at radius 2 is 1.63 bits per heavy atom. The van der Waals surface area contributed by atoms with Gasteiger partial charge in [-0.05, 0) is 78.6 Å². The average molecular weight is 482 g/mol. The van der Waals surface area contributed by atoms with Crippen LogP contribution in [0.2, 0.25) is 0 Å². The number of esters is 1. The number of carbonyl (C=O) groups excluding carboxylic acids is 1. The number of hydrogen-bond donors (Lipinski definition) is 0. The van der Waals surface area contributed by atoms with Crippen molar-refractivity contribution in [3.8, 4) is 22.6 Å². The molecule has 1 saturated heterocycles. The van der Waals surface area contributed by atoms with Crippen LogP contribution in [0.15, 0.2) is 54.6 Å². The Bertz CT molecular complexity index is 1230. The zero-order valence-electron chi connectivity index (χ0n) is 19.2. The quantitative estimate of drug-likeness (QED) is 0.222. The molecule has 0 radical (unpaired) electrons. The molecule has 1 aliphatic carbocycles. The van der Waals surface area contributed by atoms with Gasteiger partial charge in [0.2, 0.25) is 5.82 Å². The molecule has 0 aromatic heterocycles. The molecule has 182 valence electrons. The van der Waals surface area contributed by atoms with Gasteiger partial charge in [-0.1, -0.05) is 24.3 Å². The van der Waals surface area contributed by atoms with Gasteiger partial charge in [0.15, 0.2) is 11.6 Å². The molecule has 1 aliphatic heterocycles. The van der Waals surface area contributed by atoms with Crippen molar-refractivity contribution in [2.24, 2.45) is 5.92 Å². The zero-order chi connectivity index (χ0) is 24.5. The summed E-state index contributed by atoms with van der Waals surface area (Å²) in [6.07, 6.45) is 2.21. The first-order valence-electron chi connectivity index (χ1n) is 11.7. The molecule has 35 heavy (non-hydrogen) atoms. The van der Waals surface area contributed by atoms with Crippen LogP contribution in [0.25, 0.3) is 11.1 Å². The SMILES string of the molecule is COc1ccc(-c2ccc(OC(=O)C3CCC(c4ccc(C5CO5)cc4F)CC3)c(F)c2F)cc1. The fourth-order valence-corrected chi connectivity index (χ4v) is 4.75. The summed E-state index contributed by atoms with van der Waals surface area (Å²) >= 11 is 0. The maximum atomic E-state index is 14.7. The van der Waals surface area contributed by atoms with Gasteiger partial charge in [-0.2, -0.15) is 4.39 Å². The molecule has 4 nitrogen and oxygen atoms in total. The van der Waals surface area contributed by atoms with Crippen molar-refractivity contribution < 1.29 is 32.2 Å². The van der Waals surface area contributed by atoms with Crippen LogP contribution in [-0.4, -0.2) is 19.7 Å². The Morgan fingerprint density at radius 1 is 0.914 bits per heavy atom. The van der Waals surface area contributed by atoms with Crippen LogP contribution in [0.3, 0.4) is 0 Å². The molecule has 1 atom stereocenters. The third kappa shape index (κ3) is 4.91. The monoisotopic (exact) mass is 482 g/mol. The van der Waals surface area contributed by atoms with Gasteiger partial charge < -0.3 is 14.2 Å². The number of benzene rings is 3. The lowest BCUT2D eigenvalue weighted by molar-refractivity contribution is -0.140. The summed E-state index contributed by atoms with van der Waals surface area (Å²) in [4.78, 5) is 12.7. The minimum Gasteiger partial charge on any atom is -0.497 e. The van der Waals surface area contributed by atoms with E-state index in [1.54, 1.807) is 30.3 Å². The second-order valence-corrected chi connectivity index (χ2v) is 9.04. The van der Waals surface area contributed by atoms with Crippen molar-refractivity contribution in [3.63, 3.8) is 0 Å². The predicted molar refractivity (Wildman–Crippen MR) is 124 cm³/mol. The summed E-state index contributed by atoms with van der Waals surface area (Å²) in [5.74, 6) is -3.41. The summed E-state index contributed by atoms with van der Waals surface area (Å²) in [6, 6.07) is 14.4. The molecule has 0 bridgehead atoms. The van der Waals surface area contributed by atoms with Gasteiger partial charge >= 0.3 is 5.97 Å². The first kappa shape index (κ1) is 23.4. The molecule has 7 heteroatoms. The lowest BCUT2D eigenvalue weighted by atomic mass is 9.78. The Labute approximate surface area is 201 Å². The van der Waals surface area contributed by atoms with E-state index in [9.17, 15) is 18.0 Å². The van der Waals surface area contributed by atoms with Crippen LogP contribution in [-0.2, 0) is 9.53 Å². The van der Waals surface area contributed by atoms with E-state index < -0.39 is 29.3 Å². The largest absolute Gasteiger partial charge is 0.497 e. The molecule has 3 aromatic carbocycles. The fourth-order valence-electron chi connectivity index (χ4n) is 4.75. The van der Waals surface area contributed by atoms with Crippen LogP contribution in [0.5, 0.6) is 11.5 Å². The molecule has 2 fully saturated rings. The molecule has 3 aromatic rings. The number of epoxide rings is 1. The standard InChI is InChI=1S/C28H25F3O4/c1-33-20-9-6-17(7-10-20)22-12-13-24(27(31)26(22)30)35-28(32)18-4-2-16(3-5-18)21-11-8-19(14-23(21)29)25-15-34-25/h6-14,16,18,25H,2-5,15H2,1H3. The van der Waals surface area contributed by atoms with Crippen molar-refractivity contribution >= 4 is 5.97 Å². The van der Waals surface area contributed by atoms with Gasteiger partial charge in [0, 0.05) is 5.56 Å². The molecule has 1 heterocycles. The van der Waals surface area contributed by atoms with E-state index >= 15 is 0 Å². The Balaban J connectivity index is 1.22. The summed E-state index contributed by atoms with van der Waals surface area (Å²) in [6.45, 7) is 0.626. The third-order valence-corrected chi connectivity index (χ3v) is 6.89. The number of ether oxygens (including phenoxy) is 3. The summed E-state index contributed by atoms with van der Waals surface area (Å²) in [5.41, 5.74) is 2.02. The Kier molecular flexibility index (Phi) is 6.52. The van der Waals surface area contributed by atoms with Gasteiger partial charge in [0.05, 0.1) is 19.6 Å². The highest BCUT2D eigenvalue weighted by molar-refractivity contribution is 5.76. The minimum absolute atomic E-state index is 0.000406. The highest BCUT2D eigenvalue weighted by Gasteiger charge is 2.32. The molecule has 1 unspecified atom stereocenters. The maximum absolute atomic E-state index is 14.7. The van der Waals surface area contributed by atoms with Crippen LogP contribution < -0.4 is 9.47 Å². The Morgan fingerprint density at radius 3 is 2.26 bits per heavy atom. The number of rotatable bonds is 6. The first-order valence-corrected chi connectivity index (χ1v) is 11.7. The number of hydrogen-bond acceptors (Lipinski definition) is 4. The highest BCUT2D eigenvalue weighted by Crippen LogP contribution is 2.39. The average Bonchev–Trinajstić information content (AvgIpc) is 3.73. The first-order chi connectivity index (χ1) is 16.9. The molecule has 0 amide bonds. The van der Waals surface area contributed by atoms with E-state index in [1.165, 1.54) is 25.3 Å². The normalized spacial score (nSPS) is 21.4. The van der Waals surface area contributed by atoms with Crippen molar-refractivity contribution in [1.82, 2.24) is 0 Å². The van der Waals surface area contributed by atoms with Gasteiger partial charge in [0.1, 0.15) is 17.7 Å². The molecular weight excluding hydrogens is 457 g/mol. The van der Waals surface area contributed by atoms with E-state index in [0.717, 1.165) is 5.56 Å². The molecule has 0 N–H and O–H groups in total. The van der Waals surface area contributed by atoms with Crippen molar-refractivity contribution in [1.29, 1.82) is 0 Å². The second kappa shape index (κ2) is 9.74. The Hall–Kier alpha value is -3.32. The predicted octanol–water partition coefficient (Wildman–Crippen LogP) is 6.73. The van der Waals surface area contributed by atoms with Gasteiger partial charge in [-0.15, -0.1) is 0 Å². The molecule has 1 saturated carbocycles. The minimum atomic E-state index is -1.21. The second-order valence-electron chi connectivity index (χ2n) is 9.04. The van der Waals surface area contributed by atoms with Crippen LogP contribution in [0.1, 0.15) is 48.8 Å². The van der Waals surface area contributed by atoms with Gasteiger partial charge in [-0.25, -0.2) is 8.78 Å². The highest BCUT2D eigenvalue weighted by atomic mass is 19.2. The van der Waals surface area contributed by atoms with Crippen LogP contribution >= 0.6 is 0 Å². The molecule has 2 aliphatic rings. The maximum Gasteiger partial charge on any atom is 0.314 e. The van der Waals surface area contributed by atoms with E-state index in [1.807, 2.05) is 6.07 Å². The third-order valence-electron chi connectivity index (χ3n) is 6.89. The van der Waals surface area contributed by atoms with E-state index in [2.05, 4.69) is 0 Å². The summed E-state index contributed by atoms with van der Waals surface area (Å²) in [5, 5.41) is 0. The lowest BCUT2D eigenvalue weighted by Crippen LogP contribution is -2.25. The van der Waals surface area contributed by atoms with E-state index in [4.69, 9.17) is 14.2 Å². The van der Waals surface area contributed by atoms with Crippen LogP contribution in [0, 0.1) is 23.4 Å². The molecular formula is C28H25F3O4. The smallest absolute Gasteiger partial charge is 0.314 e. The summed E-state index contributed by atoms with van der Waals surface area (Å²) in [7, 11) is 1.52. The number of methoxy groups -OCH3 is 1. The van der Waals surface area contributed by atoms with E-state index in [-0.39, 0.29) is 23.4 Å². The van der Waals surface area contributed by atoms with Crippen molar-refractivity contribution in [3.05, 3.63) is 83.2 Å². The lowest BCUT2D eigenvalue weighted by Gasteiger charge is -2.28. The molecule has 0 spiro atoms. The fraction of sp³-hybridized carbons (Fsp3) is 0.321. The molecule has 5 rings (SSSR count). The van der Waals surface area contributed by atoms with Crippen molar-refractivity contribution in [2.75, 3.05) is 13.7 Å². The van der Waals surface area contributed by atoms with Crippen molar-refractivity contribution in [2.45, 2.75) is 37.7 Å². The summed E-state index contributed by atoms with van der Waals surface area (Å²) < 4.78 is 59.6.